The highest BCUT2D eigenvalue weighted by molar-refractivity contribution is 9.11. The maximum Gasteiger partial charge on any atom is 0.0620 e. The van der Waals surface area contributed by atoms with E-state index in [4.69, 9.17) is 0 Å². The van der Waals surface area contributed by atoms with Crippen molar-refractivity contribution in [3.05, 3.63) is 344 Å². The van der Waals surface area contributed by atoms with Crippen LogP contribution in [0.25, 0.3) is 64.6 Å². The lowest BCUT2D eigenvalue weighted by atomic mass is 9.84. The Bertz CT molecular complexity index is 5290. The molecule has 0 spiro atoms. The van der Waals surface area contributed by atoms with E-state index >= 15 is 0 Å². The van der Waals surface area contributed by atoms with Crippen LogP contribution in [0, 0.1) is 41.5 Å². The van der Waals surface area contributed by atoms with Gasteiger partial charge >= 0.3 is 0 Å². The maximum absolute atomic E-state index is 3.80. The average Bonchev–Trinajstić information content (AvgIpc) is 0.722. The van der Waals surface area contributed by atoms with Crippen molar-refractivity contribution in [3.8, 4) is 0 Å². The normalized spacial score (nSPS) is 11.6. The smallest absolute Gasteiger partial charge is 0.0620 e. The molecule has 0 aliphatic rings. The zero-order valence-electron chi connectivity index (χ0n) is 61.3. The van der Waals surface area contributed by atoms with Crippen LogP contribution in [0.3, 0.4) is 0 Å². The van der Waals surface area contributed by atoms with E-state index < -0.39 is 0 Å². The minimum atomic E-state index is -0.0244. The molecule has 1 N–H and O–H groups in total. The van der Waals surface area contributed by atoms with Crippen LogP contribution in [0.15, 0.2) is 294 Å². The Morgan fingerprint density at radius 3 is 0.891 bits per heavy atom. The molecule has 101 heavy (non-hydrogen) atoms. The highest BCUT2D eigenvalue weighted by atomic mass is 79.9. The van der Waals surface area contributed by atoms with E-state index in [1.54, 1.807) is 0 Å². The number of benzene rings is 15. The van der Waals surface area contributed by atoms with Gasteiger partial charge in [-0.3, -0.25) is 0 Å². The van der Waals surface area contributed by atoms with Crippen molar-refractivity contribution in [2.24, 2.45) is 0 Å². The van der Waals surface area contributed by atoms with Crippen molar-refractivity contribution in [2.45, 2.75) is 120 Å². The highest BCUT2D eigenvalue weighted by Gasteiger charge is 2.28. The molecule has 15 aromatic carbocycles. The fourth-order valence-corrected chi connectivity index (χ4v) is 14.4. The van der Waals surface area contributed by atoms with Crippen LogP contribution in [0.4, 0.5) is 45.5 Å². The second kappa shape index (κ2) is 29.8. The minimum absolute atomic E-state index is 0.0244. The van der Waals surface area contributed by atoms with Crippen molar-refractivity contribution in [2.75, 3.05) is 15.1 Å². The summed E-state index contributed by atoms with van der Waals surface area (Å²) in [5, 5.41) is 18.5. The molecule has 0 heterocycles. The molecule has 15 rings (SSSR count). The van der Waals surface area contributed by atoms with Gasteiger partial charge in [-0.2, -0.15) is 0 Å². The van der Waals surface area contributed by atoms with E-state index in [0.717, 1.165) is 34.1 Å². The number of halogens is 2. The largest absolute Gasteiger partial charge is 0.356 e. The third-order valence-electron chi connectivity index (χ3n) is 19.2. The number of fused-ring (bicyclic) bond motifs is 6. The SMILES string of the molecule is CC(C)(C)c1ccc2c(Br)c3ccccc3c(Br)c2c1.CC(C)(C)c1ccc2cc3ccccc3cc2c1.Cc1ccc(N(c2ccc(C)cc2)c2c3ccccc3c(N(c3ccc(C)cc3)c3ccc(C)cc3)c3cc(C(C)(C)C)ccc23)cc1.Cc1ccc(Nc2ccc(C)cc2)cc1. The topological polar surface area (TPSA) is 18.5 Å². The van der Waals surface area contributed by atoms with Crippen molar-refractivity contribution in [1.82, 2.24) is 0 Å². The lowest BCUT2D eigenvalue weighted by molar-refractivity contribution is 0.591. The highest BCUT2D eigenvalue weighted by Crippen LogP contribution is 2.52. The fourth-order valence-electron chi connectivity index (χ4n) is 13.1. The van der Waals surface area contributed by atoms with Crippen molar-refractivity contribution in [3.63, 3.8) is 0 Å². The molecule has 15 aromatic rings. The molecule has 0 unspecified atom stereocenters. The summed E-state index contributed by atoms with van der Waals surface area (Å²) in [6, 6.07) is 104. The number of hydrogen-bond acceptors (Lipinski definition) is 3. The Morgan fingerprint density at radius 1 is 0.238 bits per heavy atom. The zero-order chi connectivity index (χ0) is 71.5. The number of aryl methyl sites for hydroxylation is 6. The number of rotatable bonds is 8. The molecule has 0 aliphatic heterocycles. The molecule has 3 nitrogen and oxygen atoms in total. The Kier molecular flexibility index (Phi) is 21.0. The van der Waals surface area contributed by atoms with Crippen LogP contribution >= 0.6 is 31.9 Å². The summed E-state index contributed by atoms with van der Waals surface area (Å²) in [5.74, 6) is 0. The summed E-state index contributed by atoms with van der Waals surface area (Å²) < 4.78 is 2.35. The number of nitrogens with zero attached hydrogens (tertiary/aromatic N) is 2. The Morgan fingerprint density at radius 2 is 0.505 bits per heavy atom. The molecular weight excluding hydrogens is 1350 g/mol. The number of hydrogen-bond donors (Lipinski definition) is 1. The molecule has 0 radical (unpaired) electrons. The molecule has 0 bridgehead atoms. The van der Waals surface area contributed by atoms with E-state index in [1.807, 2.05) is 0 Å². The van der Waals surface area contributed by atoms with Gasteiger partial charge in [0.25, 0.3) is 0 Å². The monoisotopic (exact) mass is 1450 g/mol. The third kappa shape index (κ3) is 16.2. The zero-order valence-corrected chi connectivity index (χ0v) is 64.5. The van der Waals surface area contributed by atoms with Crippen LogP contribution in [0.1, 0.15) is 112 Å². The van der Waals surface area contributed by atoms with Crippen LogP contribution in [0.2, 0.25) is 0 Å². The molecule has 5 heteroatoms. The van der Waals surface area contributed by atoms with Gasteiger partial charge in [0.05, 0.1) is 11.4 Å². The van der Waals surface area contributed by atoms with Gasteiger partial charge in [0.1, 0.15) is 0 Å². The molecule has 0 aromatic heterocycles. The van der Waals surface area contributed by atoms with Gasteiger partial charge in [0.2, 0.25) is 0 Å². The quantitative estimate of drug-likeness (QED) is 0.121. The van der Waals surface area contributed by atoms with Gasteiger partial charge in [-0.05, 0) is 246 Å². The number of anilines is 8. The van der Waals surface area contributed by atoms with Crippen LogP contribution < -0.4 is 15.1 Å². The second-order valence-electron chi connectivity index (χ2n) is 30.3. The average molecular weight is 1450 g/mol. The number of nitrogens with one attached hydrogen (secondary N) is 1. The lowest BCUT2D eigenvalue weighted by Gasteiger charge is -2.33. The first-order valence-electron chi connectivity index (χ1n) is 35.2. The van der Waals surface area contributed by atoms with Gasteiger partial charge < -0.3 is 15.1 Å². The van der Waals surface area contributed by atoms with Crippen LogP contribution in [0.5, 0.6) is 0 Å². The summed E-state index contributed by atoms with van der Waals surface area (Å²) in [6.45, 7) is 33.2. The molecule has 0 saturated heterocycles. The van der Waals surface area contributed by atoms with E-state index in [2.05, 4.69) is 436 Å². The van der Waals surface area contributed by atoms with Crippen molar-refractivity contribution < 1.29 is 0 Å². The summed E-state index contributed by atoms with van der Waals surface area (Å²) in [4.78, 5) is 4.91. The third-order valence-corrected chi connectivity index (χ3v) is 20.9. The van der Waals surface area contributed by atoms with E-state index in [-0.39, 0.29) is 16.2 Å². The molecule has 0 fully saturated rings. The second-order valence-corrected chi connectivity index (χ2v) is 31.9. The van der Waals surface area contributed by atoms with Crippen molar-refractivity contribution >= 4 is 142 Å². The molecule has 0 saturated carbocycles. The van der Waals surface area contributed by atoms with Gasteiger partial charge in [0, 0.05) is 64.6 Å². The van der Waals surface area contributed by atoms with Crippen LogP contribution in [-0.2, 0) is 16.2 Å². The first-order chi connectivity index (χ1) is 48.2. The van der Waals surface area contributed by atoms with Gasteiger partial charge in [-0.25, -0.2) is 0 Å². The Labute approximate surface area is 616 Å². The fraction of sp³-hybridized carbons (Fsp3) is 0.188. The van der Waals surface area contributed by atoms with Gasteiger partial charge in [-0.1, -0.05) is 284 Å². The molecule has 0 aliphatic carbocycles. The standard InChI is InChI=1S/C46H44N2.C18H16Br2.C18H18.C14H15N/c1-31-12-21-36(22-13-31)47(37-23-14-32(2)15-24-37)44-40-10-8-9-11-41(40)45(43-30-35(46(5,6)7)20-29-42(43)44)48(38-25-16-33(3)17-26-38)39-27-18-34(4)19-28-39;1-18(2,3)11-8-9-14-15(10-11)17(20)13-7-5-4-6-12(13)16(14)19;1-18(2,3)17-9-8-15-10-13-6-4-5-7-14(13)11-16(15)12-17;1-11-3-7-13(8-4-11)15-14-9-5-12(2)6-10-14/h8-30H,1-7H3;4-10H,1-3H3;4-12H,1-3H3;3-10,15H,1-2H3. The summed E-state index contributed by atoms with van der Waals surface area (Å²) in [7, 11) is 0. The predicted molar refractivity (Wildman–Crippen MR) is 450 cm³/mol. The molecule has 506 valence electrons. The first-order valence-corrected chi connectivity index (χ1v) is 36.8. The van der Waals surface area contributed by atoms with Crippen molar-refractivity contribution in [1.29, 1.82) is 0 Å². The lowest BCUT2D eigenvalue weighted by Crippen LogP contribution is -2.16. The predicted octanol–water partition coefficient (Wildman–Crippen LogP) is 29.6. The summed E-state index contributed by atoms with van der Waals surface area (Å²) in [6.07, 6.45) is 0. The Balaban J connectivity index is 0.000000148. The maximum atomic E-state index is 3.80. The first kappa shape index (κ1) is 71.1. The molecule has 0 amide bonds. The van der Waals surface area contributed by atoms with E-state index in [1.165, 1.54) is 135 Å². The van der Waals surface area contributed by atoms with Gasteiger partial charge in [-0.15, -0.1) is 0 Å². The minimum Gasteiger partial charge on any atom is -0.356 e. The van der Waals surface area contributed by atoms with Crippen LogP contribution in [-0.4, -0.2) is 0 Å². The molecule has 0 atom stereocenters. The summed E-state index contributed by atoms with van der Waals surface area (Å²) in [5.41, 5.74) is 21.1. The van der Waals surface area contributed by atoms with E-state index in [9.17, 15) is 0 Å². The summed E-state index contributed by atoms with van der Waals surface area (Å²) >= 11 is 7.57. The Hall–Kier alpha value is -9.78. The van der Waals surface area contributed by atoms with E-state index in [0.29, 0.717) is 0 Å². The molecular formula is C96H93Br2N3. The van der Waals surface area contributed by atoms with Gasteiger partial charge in [0.15, 0.2) is 0 Å².